The van der Waals surface area contributed by atoms with E-state index in [1.165, 1.54) is 0 Å². The molecule has 0 aliphatic carbocycles. The van der Waals surface area contributed by atoms with Crippen molar-refractivity contribution in [2.75, 3.05) is 20.8 Å². The Morgan fingerprint density at radius 2 is 0.779 bits per heavy atom. The van der Waals surface area contributed by atoms with Gasteiger partial charge in [-0.05, 0) is 64.6 Å². The van der Waals surface area contributed by atoms with Crippen molar-refractivity contribution < 1.29 is 57.2 Å². The lowest BCUT2D eigenvalue weighted by Gasteiger charge is -2.49. The first-order valence-corrected chi connectivity index (χ1v) is 23.2. The van der Waals surface area contributed by atoms with Crippen molar-refractivity contribution in [2.45, 2.75) is 108 Å². The van der Waals surface area contributed by atoms with Gasteiger partial charge in [-0.1, -0.05) is 146 Å². The van der Waals surface area contributed by atoms with E-state index in [1.807, 2.05) is 177 Å². The summed E-state index contributed by atoms with van der Waals surface area (Å²) in [4.78, 5) is 0. The van der Waals surface area contributed by atoms with Gasteiger partial charge in [0.15, 0.2) is 12.6 Å². The minimum Gasteiger partial charge on any atom is -0.497 e. The van der Waals surface area contributed by atoms with Gasteiger partial charge in [0.05, 0.1) is 66.6 Å². The SMILES string of the molecule is COc1ccc(CO[C@H]2[C@@H](OCc3ccccc3)[C@@H](COCc3ccccc3)O[C@H](O[C@@H]3[C@@H](OCc4ccccc4)[C@H](C)O[C@@H](O)[C@H]3OCc3ccccc3)[C@@H]2OCc2ccc(OC)cc2)cc1. The van der Waals surface area contributed by atoms with Crippen LogP contribution in [0.25, 0.3) is 0 Å². The molecule has 2 aliphatic rings. The molecule has 12 nitrogen and oxygen atoms in total. The Hall–Kier alpha value is -5.48. The summed E-state index contributed by atoms with van der Waals surface area (Å²) in [7, 11) is 3.27. The van der Waals surface area contributed by atoms with E-state index >= 15 is 0 Å². The second-order valence-corrected chi connectivity index (χ2v) is 16.9. The second-order valence-electron chi connectivity index (χ2n) is 16.9. The molecule has 6 aromatic rings. The van der Waals surface area contributed by atoms with Crippen molar-refractivity contribution in [3.8, 4) is 11.5 Å². The van der Waals surface area contributed by atoms with E-state index in [0.29, 0.717) is 6.61 Å². The van der Waals surface area contributed by atoms with Crippen LogP contribution >= 0.6 is 0 Å². The van der Waals surface area contributed by atoms with E-state index in [9.17, 15) is 5.11 Å². The molecule has 2 saturated heterocycles. The minimum absolute atomic E-state index is 0.122. The Kier molecular flexibility index (Phi) is 18.2. The number of ether oxygens (including phenoxy) is 11. The van der Waals surface area contributed by atoms with Gasteiger partial charge in [0.25, 0.3) is 0 Å². The molecule has 1 N–H and O–H groups in total. The summed E-state index contributed by atoms with van der Waals surface area (Å²) in [5, 5.41) is 11.7. The van der Waals surface area contributed by atoms with Crippen LogP contribution in [-0.2, 0) is 82.3 Å². The summed E-state index contributed by atoms with van der Waals surface area (Å²) in [6, 6.07) is 55.0. The van der Waals surface area contributed by atoms with Gasteiger partial charge in [0, 0.05) is 0 Å². The maximum atomic E-state index is 11.7. The lowest BCUT2D eigenvalue weighted by atomic mass is 9.96. The Labute approximate surface area is 399 Å². The highest BCUT2D eigenvalue weighted by atomic mass is 16.7. The molecule has 0 unspecified atom stereocenters. The van der Waals surface area contributed by atoms with E-state index in [4.69, 9.17) is 52.1 Å². The number of aliphatic hydroxyl groups is 1. The maximum Gasteiger partial charge on any atom is 0.187 e. The fourth-order valence-electron chi connectivity index (χ4n) is 8.39. The first-order chi connectivity index (χ1) is 33.4. The molecule has 0 aromatic heterocycles. The predicted octanol–water partition coefficient (Wildman–Crippen LogP) is 8.99. The smallest absolute Gasteiger partial charge is 0.187 e. The number of aliphatic hydroxyl groups excluding tert-OH is 1. The highest BCUT2D eigenvalue weighted by Crippen LogP contribution is 2.36. The Balaban J connectivity index is 1.18. The monoisotopic (exact) mass is 926 g/mol. The molecular formula is C56H62O12. The number of hydrogen-bond acceptors (Lipinski definition) is 12. The molecule has 0 saturated carbocycles. The normalized spacial score (nSPS) is 24.9. The lowest BCUT2D eigenvalue weighted by molar-refractivity contribution is -0.372. The third kappa shape index (κ3) is 13.6. The maximum absolute atomic E-state index is 11.7. The molecule has 0 spiro atoms. The zero-order valence-corrected chi connectivity index (χ0v) is 38.8. The van der Waals surface area contributed by atoms with Crippen molar-refractivity contribution in [2.24, 2.45) is 0 Å². The van der Waals surface area contributed by atoms with Crippen molar-refractivity contribution in [3.05, 3.63) is 203 Å². The fourth-order valence-corrected chi connectivity index (χ4v) is 8.39. The summed E-state index contributed by atoms with van der Waals surface area (Å²) in [5.41, 5.74) is 5.65. The highest BCUT2D eigenvalue weighted by molar-refractivity contribution is 5.28. The lowest BCUT2D eigenvalue weighted by Crippen LogP contribution is -2.65. The van der Waals surface area contributed by atoms with Gasteiger partial charge in [-0.25, -0.2) is 0 Å². The van der Waals surface area contributed by atoms with Crippen LogP contribution in [0.1, 0.15) is 40.3 Å². The quantitative estimate of drug-likeness (QED) is 0.0661. The van der Waals surface area contributed by atoms with Crippen LogP contribution in [0.15, 0.2) is 170 Å². The third-order valence-electron chi connectivity index (χ3n) is 12.1. The van der Waals surface area contributed by atoms with Crippen LogP contribution < -0.4 is 9.47 Å². The summed E-state index contributed by atoms with van der Waals surface area (Å²) < 4.78 is 72.2. The number of benzene rings is 6. The van der Waals surface area contributed by atoms with E-state index in [1.54, 1.807) is 14.2 Å². The number of rotatable bonds is 23. The molecule has 68 heavy (non-hydrogen) atoms. The van der Waals surface area contributed by atoms with Crippen LogP contribution in [0.5, 0.6) is 11.5 Å². The van der Waals surface area contributed by atoms with E-state index < -0.39 is 61.4 Å². The molecule has 2 fully saturated rings. The third-order valence-corrected chi connectivity index (χ3v) is 12.1. The molecule has 358 valence electrons. The molecule has 6 aromatic carbocycles. The van der Waals surface area contributed by atoms with Crippen molar-refractivity contribution >= 4 is 0 Å². The zero-order chi connectivity index (χ0) is 46.9. The van der Waals surface area contributed by atoms with Crippen LogP contribution in [-0.4, -0.2) is 87.3 Å². The first kappa shape index (κ1) is 49.0. The average Bonchev–Trinajstić information content (AvgIpc) is 3.38. The van der Waals surface area contributed by atoms with Gasteiger partial charge in [-0.15, -0.1) is 0 Å². The van der Waals surface area contributed by atoms with E-state index in [-0.39, 0.29) is 39.6 Å². The van der Waals surface area contributed by atoms with Crippen LogP contribution in [0.2, 0.25) is 0 Å². The van der Waals surface area contributed by atoms with Crippen LogP contribution in [0.3, 0.4) is 0 Å². The molecular weight excluding hydrogens is 865 g/mol. The number of methoxy groups -OCH3 is 2. The molecule has 0 radical (unpaired) electrons. The molecule has 0 amide bonds. The largest absolute Gasteiger partial charge is 0.497 e. The number of hydrogen-bond donors (Lipinski definition) is 1. The van der Waals surface area contributed by atoms with Crippen molar-refractivity contribution in [3.63, 3.8) is 0 Å². The zero-order valence-electron chi connectivity index (χ0n) is 38.8. The van der Waals surface area contributed by atoms with Gasteiger partial charge in [0.1, 0.15) is 54.2 Å². The van der Waals surface area contributed by atoms with Gasteiger partial charge in [-0.2, -0.15) is 0 Å². The van der Waals surface area contributed by atoms with E-state index in [0.717, 1.165) is 44.9 Å². The van der Waals surface area contributed by atoms with Crippen molar-refractivity contribution in [1.29, 1.82) is 0 Å². The fraction of sp³-hybridized carbons (Fsp3) is 0.357. The van der Waals surface area contributed by atoms with Gasteiger partial charge in [0.2, 0.25) is 0 Å². The minimum atomic E-state index is -1.37. The Bertz CT molecular complexity index is 2270. The van der Waals surface area contributed by atoms with Crippen LogP contribution in [0.4, 0.5) is 0 Å². The summed E-state index contributed by atoms with van der Waals surface area (Å²) in [6.45, 7) is 3.36. The first-order valence-electron chi connectivity index (χ1n) is 23.2. The standard InChI is InChI=1S/C56H62O12/c1-39-49(61-33-41-18-10-5-11-19-41)52(53(55(57)66-39)64-35-43-22-14-7-15-23-43)68-56-54(65-37-45-26-30-47(59-3)31-27-45)51(63-36-44-24-28-46(58-2)29-25-44)50(62-34-42-20-12-6-13-21-42)48(67-56)38-60-32-40-16-8-4-9-17-40/h4-31,39,48-57H,32-38H2,1-3H3/t39-,48+,49-,50-,51-,52+,53-,54+,55+,56+/m0/s1. The predicted molar refractivity (Wildman–Crippen MR) is 254 cm³/mol. The van der Waals surface area contributed by atoms with E-state index in [2.05, 4.69) is 0 Å². The van der Waals surface area contributed by atoms with Crippen LogP contribution in [0, 0.1) is 0 Å². The summed E-state index contributed by atoms with van der Waals surface area (Å²) in [5.74, 6) is 1.45. The molecule has 2 heterocycles. The molecule has 10 atom stereocenters. The second kappa shape index (κ2) is 25.2. The Morgan fingerprint density at radius 1 is 0.397 bits per heavy atom. The molecule has 8 rings (SSSR count). The molecule has 2 aliphatic heterocycles. The topological polar surface area (TPSA) is 122 Å². The van der Waals surface area contributed by atoms with Crippen molar-refractivity contribution in [1.82, 2.24) is 0 Å². The summed E-state index contributed by atoms with van der Waals surface area (Å²) in [6.07, 6.45) is -8.97. The van der Waals surface area contributed by atoms with Gasteiger partial charge >= 0.3 is 0 Å². The van der Waals surface area contributed by atoms with Gasteiger partial charge < -0.3 is 57.2 Å². The summed E-state index contributed by atoms with van der Waals surface area (Å²) >= 11 is 0. The average molecular weight is 927 g/mol. The molecule has 12 heteroatoms. The highest BCUT2D eigenvalue weighted by Gasteiger charge is 2.53. The molecule has 0 bridgehead atoms. The van der Waals surface area contributed by atoms with Gasteiger partial charge in [-0.3, -0.25) is 0 Å². The Morgan fingerprint density at radius 3 is 1.24 bits per heavy atom.